The van der Waals surface area contributed by atoms with E-state index >= 15 is 8.78 Å². The van der Waals surface area contributed by atoms with Gasteiger partial charge in [-0.2, -0.15) is 0 Å². The molecule has 4 unspecified atom stereocenters. The Balaban J connectivity index is 1.87. The predicted octanol–water partition coefficient (Wildman–Crippen LogP) is 5.79. The number of carboxylic acids is 1. The van der Waals surface area contributed by atoms with Gasteiger partial charge in [-0.15, -0.1) is 0 Å². The van der Waals surface area contributed by atoms with Crippen LogP contribution in [0.3, 0.4) is 0 Å². The van der Waals surface area contributed by atoms with Crippen LogP contribution in [-0.2, 0) is 4.79 Å². The molecule has 0 spiro atoms. The lowest BCUT2D eigenvalue weighted by molar-refractivity contribution is -0.131. The molecular weight excluding hydrogens is 438 g/mol. The monoisotopic (exact) mass is 463 g/mol. The molecule has 33 heavy (non-hydrogen) atoms. The number of rotatable bonds is 5. The van der Waals surface area contributed by atoms with Crippen LogP contribution in [0, 0.1) is 11.6 Å². The molecule has 0 radical (unpaired) electrons. The zero-order chi connectivity index (χ0) is 24.1. The first-order valence-electron chi connectivity index (χ1n) is 10.7. The van der Waals surface area contributed by atoms with E-state index in [0.717, 1.165) is 36.8 Å². The fourth-order valence-corrected chi connectivity index (χ4v) is 5.29. The fraction of sp³-hybridized carbons (Fsp3) is 0.400. The number of piperidine rings is 1. The van der Waals surface area contributed by atoms with Crippen LogP contribution in [0.25, 0.3) is 6.08 Å². The van der Waals surface area contributed by atoms with Crippen molar-refractivity contribution in [1.82, 2.24) is 4.90 Å². The molecule has 4 atom stereocenters. The van der Waals surface area contributed by atoms with Gasteiger partial charge >= 0.3 is 5.97 Å². The van der Waals surface area contributed by atoms with Crippen LogP contribution in [0.15, 0.2) is 42.5 Å². The van der Waals surface area contributed by atoms with Crippen LogP contribution in [0.4, 0.5) is 17.6 Å². The van der Waals surface area contributed by atoms with Crippen LogP contribution >= 0.6 is 0 Å². The van der Waals surface area contributed by atoms with Gasteiger partial charge in [0.15, 0.2) is 0 Å². The number of nitrogens with zero attached hydrogens (tertiary/aromatic N) is 1. The quantitative estimate of drug-likeness (QED) is 0.451. The number of halogens is 4. The zero-order valence-electron chi connectivity index (χ0n) is 18.5. The van der Waals surface area contributed by atoms with Crippen LogP contribution in [0.1, 0.15) is 55.8 Å². The number of para-hydroxylation sites is 1. The number of carboxylic acid groups (broad SMARTS) is 1. The average Bonchev–Trinajstić information content (AvgIpc) is 2.99. The number of hydrogen-bond acceptors (Lipinski definition) is 3. The first-order valence-corrected chi connectivity index (χ1v) is 10.7. The van der Waals surface area contributed by atoms with E-state index in [1.165, 1.54) is 4.90 Å². The zero-order valence-corrected chi connectivity index (χ0v) is 18.5. The molecule has 4 rings (SSSR count). The van der Waals surface area contributed by atoms with E-state index in [1.807, 2.05) is 12.1 Å². The van der Waals surface area contributed by atoms with Gasteiger partial charge in [0.1, 0.15) is 23.0 Å². The molecule has 0 aliphatic carbocycles. The van der Waals surface area contributed by atoms with Crippen molar-refractivity contribution < 1.29 is 32.2 Å². The van der Waals surface area contributed by atoms with Gasteiger partial charge < -0.3 is 9.84 Å². The van der Waals surface area contributed by atoms with Gasteiger partial charge in [-0.05, 0) is 50.1 Å². The highest BCUT2D eigenvalue weighted by Gasteiger charge is 2.59. The van der Waals surface area contributed by atoms with Crippen molar-refractivity contribution in [3.63, 3.8) is 0 Å². The summed E-state index contributed by atoms with van der Waals surface area (Å²) in [6.45, 7) is 3.58. The summed E-state index contributed by atoms with van der Waals surface area (Å²) in [7, 11) is 0. The molecule has 2 aromatic carbocycles. The maximum atomic E-state index is 15.4. The van der Waals surface area contributed by atoms with E-state index in [1.54, 1.807) is 26.0 Å². The molecular formula is C25H25F4NO3. The Labute approximate surface area is 189 Å². The number of alkyl halides is 2. The van der Waals surface area contributed by atoms with Gasteiger partial charge in [0.25, 0.3) is 5.92 Å². The Kier molecular flexibility index (Phi) is 5.76. The number of ether oxygens (including phenoxy) is 1. The van der Waals surface area contributed by atoms with Crippen molar-refractivity contribution in [2.24, 2.45) is 0 Å². The minimum absolute atomic E-state index is 0.0182. The summed E-state index contributed by atoms with van der Waals surface area (Å²) >= 11 is 0. The highest BCUT2D eigenvalue weighted by Crippen LogP contribution is 2.58. The van der Waals surface area contributed by atoms with Gasteiger partial charge in [-0.3, -0.25) is 4.90 Å². The van der Waals surface area contributed by atoms with Crippen molar-refractivity contribution >= 4 is 12.0 Å². The highest BCUT2D eigenvalue weighted by atomic mass is 19.3. The molecule has 1 saturated heterocycles. The second kappa shape index (κ2) is 8.17. The number of fused-ring (bicyclic) bond motifs is 3. The van der Waals surface area contributed by atoms with E-state index in [0.29, 0.717) is 12.2 Å². The third-order valence-corrected chi connectivity index (χ3v) is 6.59. The predicted molar refractivity (Wildman–Crippen MR) is 115 cm³/mol. The largest absolute Gasteiger partial charge is 0.485 e. The molecule has 0 bridgehead atoms. The molecule has 0 aromatic heterocycles. The van der Waals surface area contributed by atoms with Crippen molar-refractivity contribution in [2.75, 3.05) is 6.54 Å². The standard InChI is InChI=1S/C25H25F4NO3/c1-14-10-17-16-6-4-5-7-20(16)33-25(17,3)23(30(14)13-24(2,28)29)22-18(26)11-15(12-19(22)27)8-9-21(31)32/h4-9,11-12,14,17,23H,10,13H2,1-3H3,(H,31,32)/b9-8+. The number of likely N-dealkylation sites (tertiary alicyclic amines) is 1. The molecule has 1 N–H and O–H groups in total. The Bertz CT molecular complexity index is 1090. The molecule has 0 saturated carbocycles. The Morgan fingerprint density at radius 1 is 1.27 bits per heavy atom. The maximum Gasteiger partial charge on any atom is 0.328 e. The summed E-state index contributed by atoms with van der Waals surface area (Å²) in [6, 6.07) is 7.80. The molecule has 0 amide bonds. The minimum Gasteiger partial charge on any atom is -0.485 e. The second-order valence-corrected chi connectivity index (χ2v) is 9.18. The molecule has 2 heterocycles. The Hall–Kier alpha value is -2.87. The molecule has 4 nitrogen and oxygen atoms in total. The molecule has 2 aliphatic rings. The molecule has 176 valence electrons. The fourth-order valence-electron chi connectivity index (χ4n) is 5.29. The van der Waals surface area contributed by atoms with Crippen LogP contribution in [0.5, 0.6) is 5.75 Å². The number of carbonyl (C=O) groups is 1. The van der Waals surface area contributed by atoms with Gasteiger partial charge in [0.2, 0.25) is 0 Å². The molecule has 8 heteroatoms. The lowest BCUT2D eigenvalue weighted by atomic mass is 9.70. The van der Waals surface area contributed by atoms with E-state index < -0.39 is 47.8 Å². The lowest BCUT2D eigenvalue weighted by Crippen LogP contribution is -2.59. The number of aliphatic carboxylic acids is 1. The van der Waals surface area contributed by atoms with Gasteiger partial charge in [-0.25, -0.2) is 22.4 Å². The van der Waals surface area contributed by atoms with Crippen LogP contribution < -0.4 is 4.74 Å². The highest BCUT2D eigenvalue weighted by molar-refractivity contribution is 5.85. The van der Waals surface area contributed by atoms with E-state index in [4.69, 9.17) is 9.84 Å². The van der Waals surface area contributed by atoms with E-state index in [-0.39, 0.29) is 17.0 Å². The van der Waals surface area contributed by atoms with Crippen LogP contribution in [0.2, 0.25) is 0 Å². The summed E-state index contributed by atoms with van der Waals surface area (Å²) in [5.74, 6) is -5.91. The number of benzene rings is 2. The smallest absolute Gasteiger partial charge is 0.328 e. The Morgan fingerprint density at radius 3 is 2.52 bits per heavy atom. The third-order valence-electron chi connectivity index (χ3n) is 6.59. The van der Waals surface area contributed by atoms with Crippen LogP contribution in [-0.4, -0.2) is 40.1 Å². The summed E-state index contributed by atoms with van der Waals surface area (Å²) in [5.41, 5.74) is -0.647. The van der Waals surface area contributed by atoms with Crippen molar-refractivity contribution in [2.45, 2.75) is 56.7 Å². The maximum absolute atomic E-state index is 15.4. The van der Waals surface area contributed by atoms with E-state index in [9.17, 15) is 13.6 Å². The lowest BCUT2D eigenvalue weighted by Gasteiger charge is -2.52. The topological polar surface area (TPSA) is 49.8 Å². The first kappa shape index (κ1) is 23.3. The molecule has 2 aliphatic heterocycles. The van der Waals surface area contributed by atoms with Gasteiger partial charge in [-0.1, -0.05) is 18.2 Å². The summed E-state index contributed by atoms with van der Waals surface area (Å²) in [4.78, 5) is 12.2. The summed E-state index contributed by atoms with van der Waals surface area (Å²) in [6.07, 6.45) is 2.34. The third kappa shape index (κ3) is 4.24. The van der Waals surface area contributed by atoms with Crippen molar-refractivity contribution in [3.8, 4) is 5.75 Å². The second-order valence-electron chi connectivity index (χ2n) is 9.18. The summed E-state index contributed by atoms with van der Waals surface area (Å²) in [5, 5.41) is 8.80. The van der Waals surface area contributed by atoms with Gasteiger partial charge in [0, 0.05) is 36.1 Å². The normalized spacial score (nSPS) is 27.3. The van der Waals surface area contributed by atoms with Crippen molar-refractivity contribution in [3.05, 3.63) is 70.8 Å². The molecule has 2 aromatic rings. The van der Waals surface area contributed by atoms with Gasteiger partial charge in [0.05, 0.1) is 12.6 Å². The minimum atomic E-state index is -3.10. The van der Waals surface area contributed by atoms with Crippen molar-refractivity contribution in [1.29, 1.82) is 0 Å². The molecule has 1 fully saturated rings. The van der Waals surface area contributed by atoms with E-state index in [2.05, 4.69) is 0 Å². The Morgan fingerprint density at radius 2 is 1.91 bits per heavy atom. The first-order chi connectivity index (χ1) is 15.4. The summed E-state index contributed by atoms with van der Waals surface area (Å²) < 4.78 is 65.5. The number of hydrogen-bond donors (Lipinski definition) is 1. The average molecular weight is 463 g/mol. The SMILES string of the molecule is CC1CC2c3ccccc3OC2(C)C(c2c(F)cc(/C=C/C(=O)O)cc2F)N1CC(C)(F)F.